The van der Waals surface area contributed by atoms with Crippen LogP contribution < -0.4 is 11.1 Å². The molecular formula is C13H19ClN2. The summed E-state index contributed by atoms with van der Waals surface area (Å²) in [5, 5.41) is 4.30. The van der Waals surface area contributed by atoms with Gasteiger partial charge < -0.3 is 11.1 Å². The van der Waals surface area contributed by atoms with Crippen molar-refractivity contribution in [1.29, 1.82) is 0 Å². The van der Waals surface area contributed by atoms with Crippen LogP contribution in [0.15, 0.2) is 24.3 Å². The van der Waals surface area contributed by atoms with E-state index in [1.165, 1.54) is 12.0 Å². The lowest BCUT2D eigenvalue weighted by atomic mass is 10.1. The predicted molar refractivity (Wildman–Crippen MR) is 68.5 cm³/mol. The highest BCUT2D eigenvalue weighted by atomic mass is 35.5. The Balaban J connectivity index is 1.90. The van der Waals surface area contributed by atoms with E-state index in [2.05, 4.69) is 12.2 Å². The van der Waals surface area contributed by atoms with E-state index < -0.39 is 0 Å². The SMILES string of the molecule is CC1CC1CNC(CN)c1ccc(Cl)cc1. The molecule has 0 spiro atoms. The number of hydrogen-bond acceptors (Lipinski definition) is 2. The summed E-state index contributed by atoms with van der Waals surface area (Å²) >= 11 is 5.86. The zero-order chi connectivity index (χ0) is 11.5. The molecule has 3 N–H and O–H groups in total. The van der Waals surface area contributed by atoms with Crippen LogP contribution in [-0.2, 0) is 0 Å². The predicted octanol–water partition coefficient (Wildman–Crippen LogP) is 2.59. The Morgan fingerprint density at radius 1 is 1.44 bits per heavy atom. The van der Waals surface area contributed by atoms with Gasteiger partial charge in [0.05, 0.1) is 0 Å². The van der Waals surface area contributed by atoms with Crippen molar-refractivity contribution in [2.24, 2.45) is 17.6 Å². The van der Waals surface area contributed by atoms with Crippen molar-refractivity contribution in [2.45, 2.75) is 19.4 Å². The van der Waals surface area contributed by atoms with Crippen molar-refractivity contribution >= 4 is 11.6 Å². The normalized spacial score (nSPS) is 25.4. The molecule has 1 saturated carbocycles. The molecule has 0 aromatic heterocycles. The average Bonchev–Trinajstić information content (AvgIpc) is 2.98. The average molecular weight is 239 g/mol. The van der Waals surface area contributed by atoms with Gasteiger partial charge in [-0.3, -0.25) is 0 Å². The second-order valence-electron chi connectivity index (χ2n) is 4.72. The van der Waals surface area contributed by atoms with Gasteiger partial charge in [-0.1, -0.05) is 30.7 Å². The topological polar surface area (TPSA) is 38.0 Å². The Labute approximate surface area is 102 Å². The number of halogens is 1. The maximum Gasteiger partial charge on any atom is 0.0444 e. The first-order chi connectivity index (χ1) is 7.70. The van der Waals surface area contributed by atoms with Crippen LogP contribution in [0.3, 0.4) is 0 Å². The molecule has 88 valence electrons. The number of nitrogens with two attached hydrogens (primary N) is 1. The van der Waals surface area contributed by atoms with Gasteiger partial charge in [0.25, 0.3) is 0 Å². The Bertz CT molecular complexity index is 336. The molecule has 0 radical (unpaired) electrons. The molecule has 1 aromatic carbocycles. The minimum absolute atomic E-state index is 0.255. The third-order valence-corrected chi connectivity index (χ3v) is 3.66. The first kappa shape index (κ1) is 11.9. The summed E-state index contributed by atoms with van der Waals surface area (Å²) in [7, 11) is 0. The number of rotatable bonds is 5. The minimum Gasteiger partial charge on any atom is -0.329 e. The van der Waals surface area contributed by atoms with Gasteiger partial charge in [0.15, 0.2) is 0 Å². The van der Waals surface area contributed by atoms with E-state index in [0.717, 1.165) is 23.4 Å². The zero-order valence-corrected chi connectivity index (χ0v) is 10.4. The van der Waals surface area contributed by atoms with Crippen molar-refractivity contribution in [3.05, 3.63) is 34.9 Å². The van der Waals surface area contributed by atoms with Crippen LogP contribution in [0.25, 0.3) is 0 Å². The Kier molecular flexibility index (Phi) is 3.85. The summed E-state index contributed by atoms with van der Waals surface area (Å²) in [4.78, 5) is 0. The molecule has 3 unspecified atom stereocenters. The fraction of sp³-hybridized carbons (Fsp3) is 0.538. The summed E-state index contributed by atoms with van der Waals surface area (Å²) in [6.45, 7) is 4.00. The molecule has 2 rings (SSSR count). The van der Waals surface area contributed by atoms with Crippen LogP contribution in [0.5, 0.6) is 0 Å². The molecule has 3 heteroatoms. The maximum atomic E-state index is 5.86. The van der Waals surface area contributed by atoms with Crippen LogP contribution in [0.2, 0.25) is 5.02 Å². The van der Waals surface area contributed by atoms with E-state index in [1.54, 1.807) is 0 Å². The van der Waals surface area contributed by atoms with Gasteiger partial charge >= 0.3 is 0 Å². The lowest BCUT2D eigenvalue weighted by molar-refractivity contribution is 0.511. The Morgan fingerprint density at radius 3 is 2.56 bits per heavy atom. The van der Waals surface area contributed by atoms with Crippen LogP contribution >= 0.6 is 11.6 Å². The summed E-state index contributed by atoms with van der Waals surface area (Å²) in [5.74, 6) is 1.73. The van der Waals surface area contributed by atoms with Gasteiger partial charge in [0.2, 0.25) is 0 Å². The van der Waals surface area contributed by atoms with E-state index in [9.17, 15) is 0 Å². The van der Waals surface area contributed by atoms with E-state index >= 15 is 0 Å². The molecule has 1 fully saturated rings. The van der Waals surface area contributed by atoms with E-state index in [0.29, 0.717) is 6.54 Å². The van der Waals surface area contributed by atoms with Crippen LogP contribution in [0, 0.1) is 11.8 Å². The van der Waals surface area contributed by atoms with Gasteiger partial charge in [-0.05, 0) is 42.5 Å². The first-order valence-corrected chi connectivity index (χ1v) is 6.27. The minimum atomic E-state index is 0.255. The van der Waals surface area contributed by atoms with E-state index in [1.807, 2.05) is 24.3 Å². The lowest BCUT2D eigenvalue weighted by Gasteiger charge is -2.17. The molecule has 2 nitrogen and oxygen atoms in total. The first-order valence-electron chi connectivity index (χ1n) is 5.89. The molecule has 1 aliphatic rings. The number of hydrogen-bond donors (Lipinski definition) is 2. The molecule has 0 heterocycles. The fourth-order valence-corrected chi connectivity index (χ4v) is 2.14. The molecule has 1 aliphatic carbocycles. The molecular weight excluding hydrogens is 220 g/mol. The third-order valence-electron chi connectivity index (χ3n) is 3.41. The van der Waals surface area contributed by atoms with Crippen molar-refractivity contribution in [3.63, 3.8) is 0 Å². The van der Waals surface area contributed by atoms with Crippen LogP contribution in [0.1, 0.15) is 24.9 Å². The van der Waals surface area contributed by atoms with Gasteiger partial charge in [-0.25, -0.2) is 0 Å². The quantitative estimate of drug-likeness (QED) is 0.828. The van der Waals surface area contributed by atoms with Crippen LogP contribution in [0.4, 0.5) is 0 Å². The monoisotopic (exact) mass is 238 g/mol. The third kappa shape index (κ3) is 2.97. The fourth-order valence-electron chi connectivity index (χ4n) is 2.01. The summed E-state index contributed by atoms with van der Waals surface area (Å²) in [5.41, 5.74) is 7.01. The standard InChI is InChI=1S/C13H19ClN2/c1-9-6-11(9)8-16-13(7-15)10-2-4-12(14)5-3-10/h2-5,9,11,13,16H,6-8,15H2,1H3. The molecule has 16 heavy (non-hydrogen) atoms. The van der Waals surface area contributed by atoms with E-state index in [-0.39, 0.29) is 6.04 Å². The summed E-state index contributed by atoms with van der Waals surface area (Å²) < 4.78 is 0. The van der Waals surface area contributed by atoms with Crippen molar-refractivity contribution < 1.29 is 0 Å². The molecule has 3 atom stereocenters. The smallest absolute Gasteiger partial charge is 0.0444 e. The second kappa shape index (κ2) is 5.17. The highest BCUT2D eigenvalue weighted by molar-refractivity contribution is 6.30. The second-order valence-corrected chi connectivity index (χ2v) is 5.16. The molecule has 0 saturated heterocycles. The summed E-state index contributed by atoms with van der Waals surface area (Å²) in [6, 6.07) is 8.18. The molecule has 0 aliphatic heterocycles. The van der Waals surface area contributed by atoms with Gasteiger partial charge in [-0.15, -0.1) is 0 Å². The largest absolute Gasteiger partial charge is 0.329 e. The zero-order valence-electron chi connectivity index (χ0n) is 9.62. The molecule has 0 bridgehead atoms. The van der Waals surface area contributed by atoms with Gasteiger partial charge in [0, 0.05) is 17.6 Å². The Morgan fingerprint density at radius 2 is 2.06 bits per heavy atom. The lowest BCUT2D eigenvalue weighted by Crippen LogP contribution is -2.29. The highest BCUT2D eigenvalue weighted by Crippen LogP contribution is 2.37. The Hall–Kier alpha value is -0.570. The highest BCUT2D eigenvalue weighted by Gasteiger charge is 2.32. The summed E-state index contributed by atoms with van der Waals surface area (Å²) in [6.07, 6.45) is 1.35. The maximum absolute atomic E-state index is 5.86. The number of benzene rings is 1. The number of nitrogens with one attached hydrogen (secondary N) is 1. The van der Waals surface area contributed by atoms with Crippen molar-refractivity contribution in [1.82, 2.24) is 5.32 Å². The van der Waals surface area contributed by atoms with E-state index in [4.69, 9.17) is 17.3 Å². The molecule has 0 amide bonds. The van der Waals surface area contributed by atoms with Gasteiger partial charge in [-0.2, -0.15) is 0 Å². The molecule has 1 aromatic rings. The van der Waals surface area contributed by atoms with Crippen LogP contribution in [-0.4, -0.2) is 13.1 Å². The van der Waals surface area contributed by atoms with Crippen molar-refractivity contribution in [2.75, 3.05) is 13.1 Å². The van der Waals surface area contributed by atoms with Crippen molar-refractivity contribution in [3.8, 4) is 0 Å². The van der Waals surface area contributed by atoms with Gasteiger partial charge in [0.1, 0.15) is 0 Å².